The number of aryl methyl sites for hydroxylation is 1. The van der Waals surface area contributed by atoms with E-state index >= 15 is 0 Å². The second-order valence-corrected chi connectivity index (χ2v) is 7.54. The van der Waals surface area contributed by atoms with Crippen LogP contribution in [0, 0.1) is 13.8 Å². The summed E-state index contributed by atoms with van der Waals surface area (Å²) in [6, 6.07) is 11.4. The summed E-state index contributed by atoms with van der Waals surface area (Å²) in [4.78, 5) is 12.5. The number of benzene rings is 2. The van der Waals surface area contributed by atoms with E-state index in [4.69, 9.17) is 5.73 Å². The Kier molecular flexibility index (Phi) is 7.64. The second kappa shape index (κ2) is 9.00. The van der Waals surface area contributed by atoms with Crippen LogP contribution in [-0.2, 0) is 5.75 Å². The molecule has 0 spiro atoms. The molecule has 0 aliphatic heterocycles. The van der Waals surface area contributed by atoms with Crippen LogP contribution in [0.25, 0.3) is 0 Å². The van der Waals surface area contributed by atoms with Crippen LogP contribution in [0.2, 0.25) is 0 Å². The van der Waals surface area contributed by atoms with Crippen molar-refractivity contribution in [2.75, 3.05) is 11.1 Å². The lowest BCUT2D eigenvalue weighted by Crippen LogP contribution is -2.15. The van der Waals surface area contributed by atoms with Gasteiger partial charge in [-0.3, -0.25) is 4.79 Å². The average molecular weight is 365 g/mol. The minimum absolute atomic E-state index is 0. The van der Waals surface area contributed by atoms with E-state index in [1.54, 1.807) is 12.1 Å². The van der Waals surface area contributed by atoms with Crippen LogP contribution in [0.5, 0.6) is 0 Å². The molecule has 0 heterocycles. The van der Waals surface area contributed by atoms with Gasteiger partial charge in [0.25, 0.3) is 5.91 Å². The summed E-state index contributed by atoms with van der Waals surface area (Å²) >= 11 is 1.90. The molecule has 0 bridgehead atoms. The van der Waals surface area contributed by atoms with E-state index in [0.717, 1.165) is 22.6 Å². The number of carbonyl (C=O) groups excluding carboxylic acids is 1. The lowest BCUT2D eigenvalue weighted by Gasteiger charge is -2.14. The molecule has 0 unspecified atom stereocenters. The van der Waals surface area contributed by atoms with E-state index in [1.165, 1.54) is 5.56 Å². The van der Waals surface area contributed by atoms with Crippen molar-refractivity contribution in [3.05, 3.63) is 58.7 Å². The summed E-state index contributed by atoms with van der Waals surface area (Å²) < 4.78 is 0. The molecule has 2 aromatic carbocycles. The van der Waals surface area contributed by atoms with Crippen molar-refractivity contribution in [2.45, 2.75) is 38.7 Å². The van der Waals surface area contributed by atoms with Crippen molar-refractivity contribution in [2.24, 2.45) is 0 Å². The van der Waals surface area contributed by atoms with Gasteiger partial charge in [0.1, 0.15) is 0 Å². The Bertz CT molecular complexity index is 717. The molecule has 5 heteroatoms. The summed E-state index contributed by atoms with van der Waals surface area (Å²) in [6.07, 6.45) is 0. The standard InChI is InChI=1S/C19H24N2OS.ClH/c1-12(2)23-11-15-6-5-7-18(14(15)4)21-19(22)17-10-16(20)9-8-13(17)3;/h5-10,12H,11,20H2,1-4H3,(H,21,22);1H. The number of nitrogens with two attached hydrogens (primary N) is 1. The largest absolute Gasteiger partial charge is 0.399 e. The zero-order valence-electron chi connectivity index (χ0n) is 14.6. The molecular weight excluding hydrogens is 340 g/mol. The number of rotatable bonds is 5. The van der Waals surface area contributed by atoms with Crippen LogP contribution in [0.4, 0.5) is 11.4 Å². The first kappa shape index (κ1) is 20.4. The molecule has 0 aromatic heterocycles. The number of carbonyl (C=O) groups is 1. The second-order valence-electron chi connectivity index (χ2n) is 5.98. The molecule has 130 valence electrons. The molecule has 0 aliphatic rings. The molecule has 1 amide bonds. The van der Waals surface area contributed by atoms with Gasteiger partial charge in [-0.25, -0.2) is 0 Å². The van der Waals surface area contributed by atoms with Gasteiger partial charge in [-0.1, -0.05) is 32.0 Å². The normalized spacial score (nSPS) is 10.4. The fraction of sp³-hybridized carbons (Fsp3) is 0.316. The molecule has 3 nitrogen and oxygen atoms in total. The lowest BCUT2D eigenvalue weighted by atomic mass is 10.1. The molecule has 24 heavy (non-hydrogen) atoms. The third kappa shape index (κ3) is 5.18. The van der Waals surface area contributed by atoms with Crippen LogP contribution in [0.3, 0.4) is 0 Å². The summed E-state index contributed by atoms with van der Waals surface area (Å²) in [6.45, 7) is 8.34. The molecule has 3 N–H and O–H groups in total. The number of halogens is 1. The maximum Gasteiger partial charge on any atom is 0.256 e. The van der Waals surface area contributed by atoms with E-state index in [1.807, 2.05) is 36.9 Å². The van der Waals surface area contributed by atoms with Crippen LogP contribution < -0.4 is 11.1 Å². The fourth-order valence-corrected chi connectivity index (χ4v) is 3.13. The minimum atomic E-state index is -0.119. The van der Waals surface area contributed by atoms with Crippen LogP contribution in [0.1, 0.15) is 40.9 Å². The number of nitrogen functional groups attached to an aromatic ring is 1. The van der Waals surface area contributed by atoms with Crippen LogP contribution in [0.15, 0.2) is 36.4 Å². The third-order valence-corrected chi connectivity index (χ3v) is 4.92. The van der Waals surface area contributed by atoms with Gasteiger partial charge in [0.15, 0.2) is 0 Å². The van der Waals surface area contributed by atoms with Gasteiger partial charge in [0, 0.05) is 22.7 Å². The molecule has 2 aromatic rings. The number of hydrogen-bond acceptors (Lipinski definition) is 3. The Hall–Kier alpha value is -1.65. The molecule has 0 saturated heterocycles. The topological polar surface area (TPSA) is 55.1 Å². The summed E-state index contributed by atoms with van der Waals surface area (Å²) in [5.74, 6) is 0.830. The Morgan fingerprint density at radius 2 is 1.92 bits per heavy atom. The van der Waals surface area contributed by atoms with Gasteiger partial charge < -0.3 is 11.1 Å². The lowest BCUT2D eigenvalue weighted by molar-refractivity contribution is 0.102. The van der Waals surface area contributed by atoms with E-state index in [-0.39, 0.29) is 18.3 Å². The molecule has 0 aliphatic carbocycles. The van der Waals surface area contributed by atoms with Crippen molar-refractivity contribution in [1.29, 1.82) is 0 Å². The highest BCUT2D eigenvalue weighted by atomic mass is 35.5. The predicted octanol–water partition coefficient (Wildman–Crippen LogP) is 5.20. The van der Waals surface area contributed by atoms with Gasteiger partial charge in [0.2, 0.25) is 0 Å². The van der Waals surface area contributed by atoms with E-state index < -0.39 is 0 Å². The Labute approximate surface area is 154 Å². The SMILES string of the molecule is Cc1ccc(N)cc1C(=O)Nc1cccc(CSC(C)C)c1C.Cl. The summed E-state index contributed by atoms with van der Waals surface area (Å²) in [5, 5.41) is 3.60. The first-order valence-corrected chi connectivity index (χ1v) is 8.81. The first-order valence-electron chi connectivity index (χ1n) is 7.76. The fourth-order valence-electron chi connectivity index (χ4n) is 2.31. The molecule has 2 rings (SSSR count). The number of amides is 1. The Balaban J connectivity index is 0.00000288. The first-order chi connectivity index (χ1) is 10.9. The predicted molar refractivity (Wildman–Crippen MR) is 108 cm³/mol. The number of nitrogens with one attached hydrogen (secondary N) is 1. The number of anilines is 2. The monoisotopic (exact) mass is 364 g/mol. The summed E-state index contributed by atoms with van der Waals surface area (Å²) in [7, 11) is 0. The highest BCUT2D eigenvalue weighted by Crippen LogP contribution is 2.25. The van der Waals surface area contributed by atoms with Gasteiger partial charge in [-0.15, -0.1) is 12.4 Å². The third-order valence-electron chi connectivity index (χ3n) is 3.77. The molecular formula is C19H25ClN2OS. The molecule has 0 atom stereocenters. The van der Waals surface area contributed by atoms with Crippen molar-refractivity contribution >= 4 is 41.5 Å². The highest BCUT2D eigenvalue weighted by Gasteiger charge is 2.12. The van der Waals surface area contributed by atoms with Gasteiger partial charge in [-0.2, -0.15) is 11.8 Å². The molecule has 0 fully saturated rings. The maximum absolute atomic E-state index is 12.5. The van der Waals surface area contributed by atoms with Gasteiger partial charge in [-0.05, 0) is 54.0 Å². The quantitative estimate of drug-likeness (QED) is 0.717. The minimum Gasteiger partial charge on any atom is -0.399 e. The van der Waals surface area contributed by atoms with E-state index in [9.17, 15) is 4.79 Å². The van der Waals surface area contributed by atoms with Crippen LogP contribution >= 0.6 is 24.2 Å². The van der Waals surface area contributed by atoms with Crippen molar-refractivity contribution < 1.29 is 4.79 Å². The van der Waals surface area contributed by atoms with E-state index in [0.29, 0.717) is 16.5 Å². The average Bonchev–Trinajstić information content (AvgIpc) is 2.50. The van der Waals surface area contributed by atoms with Crippen LogP contribution in [-0.4, -0.2) is 11.2 Å². The molecule has 0 saturated carbocycles. The van der Waals surface area contributed by atoms with Gasteiger partial charge in [0.05, 0.1) is 0 Å². The Morgan fingerprint density at radius 1 is 1.21 bits per heavy atom. The highest BCUT2D eigenvalue weighted by molar-refractivity contribution is 7.99. The van der Waals surface area contributed by atoms with Crippen molar-refractivity contribution in [1.82, 2.24) is 0 Å². The maximum atomic E-state index is 12.5. The molecule has 0 radical (unpaired) electrons. The van der Waals surface area contributed by atoms with Gasteiger partial charge >= 0.3 is 0 Å². The number of thioether (sulfide) groups is 1. The van der Waals surface area contributed by atoms with Crippen molar-refractivity contribution in [3.8, 4) is 0 Å². The van der Waals surface area contributed by atoms with E-state index in [2.05, 4.69) is 32.2 Å². The smallest absolute Gasteiger partial charge is 0.256 e. The zero-order valence-corrected chi connectivity index (χ0v) is 16.2. The zero-order chi connectivity index (χ0) is 17.0. The summed E-state index contributed by atoms with van der Waals surface area (Å²) in [5.41, 5.74) is 11.2. The van der Waals surface area contributed by atoms with Crippen molar-refractivity contribution in [3.63, 3.8) is 0 Å². The number of hydrogen-bond donors (Lipinski definition) is 2. The Morgan fingerprint density at radius 3 is 2.58 bits per heavy atom.